The van der Waals surface area contributed by atoms with E-state index in [2.05, 4.69) is 4.98 Å². The van der Waals surface area contributed by atoms with Gasteiger partial charge in [0.2, 0.25) is 0 Å². The van der Waals surface area contributed by atoms with E-state index in [4.69, 9.17) is 4.74 Å². The molecular formula is C13H15NO3. The van der Waals surface area contributed by atoms with Crippen molar-refractivity contribution in [1.29, 1.82) is 0 Å². The van der Waals surface area contributed by atoms with Crippen LogP contribution < -0.4 is 0 Å². The highest BCUT2D eigenvalue weighted by molar-refractivity contribution is 5.87. The minimum Gasteiger partial charge on any atom is -0.457 e. The van der Waals surface area contributed by atoms with Gasteiger partial charge >= 0.3 is 5.97 Å². The third kappa shape index (κ3) is 5.06. The monoisotopic (exact) mass is 233 g/mol. The number of esters is 1. The number of aromatic nitrogens is 1. The number of carbonyl (C=O) groups is 2. The van der Waals surface area contributed by atoms with E-state index >= 15 is 0 Å². The van der Waals surface area contributed by atoms with Gasteiger partial charge in [-0.05, 0) is 39.0 Å². The topological polar surface area (TPSA) is 56.3 Å². The third-order valence-electron chi connectivity index (χ3n) is 1.74. The smallest absolute Gasteiger partial charge is 0.331 e. The predicted molar refractivity (Wildman–Crippen MR) is 64.5 cm³/mol. The number of pyridine rings is 1. The number of aldehydes is 1. The zero-order valence-electron chi connectivity index (χ0n) is 10.1. The SMILES string of the molecule is CC(C)(C)OC(=O)/C=C/c1cc(C=O)ccn1. The molecule has 17 heavy (non-hydrogen) atoms. The standard InChI is InChI=1S/C13H15NO3/c1-13(2,3)17-12(16)5-4-11-8-10(9-15)6-7-14-11/h4-9H,1-3H3/b5-4+. The molecule has 1 aromatic heterocycles. The first-order valence-electron chi connectivity index (χ1n) is 5.23. The Balaban J connectivity index is 2.70. The minimum absolute atomic E-state index is 0.434. The average Bonchev–Trinajstić information content (AvgIpc) is 2.24. The van der Waals surface area contributed by atoms with Gasteiger partial charge in [-0.25, -0.2) is 4.79 Å². The van der Waals surface area contributed by atoms with Crippen LogP contribution in [0.1, 0.15) is 36.8 Å². The van der Waals surface area contributed by atoms with Crippen molar-refractivity contribution in [3.05, 3.63) is 35.7 Å². The van der Waals surface area contributed by atoms with Gasteiger partial charge in [0.05, 0.1) is 5.69 Å². The lowest BCUT2D eigenvalue weighted by Gasteiger charge is -2.17. The summed E-state index contributed by atoms with van der Waals surface area (Å²) in [5.74, 6) is -0.434. The fraction of sp³-hybridized carbons (Fsp3) is 0.308. The summed E-state index contributed by atoms with van der Waals surface area (Å²) >= 11 is 0. The van der Waals surface area contributed by atoms with E-state index in [1.165, 1.54) is 18.3 Å². The number of carbonyl (C=O) groups excluding carboxylic acids is 2. The summed E-state index contributed by atoms with van der Waals surface area (Å²) < 4.78 is 5.09. The zero-order chi connectivity index (χ0) is 12.9. The van der Waals surface area contributed by atoms with Gasteiger partial charge in [-0.1, -0.05) is 0 Å². The lowest BCUT2D eigenvalue weighted by atomic mass is 10.2. The number of hydrogen-bond donors (Lipinski definition) is 0. The molecule has 0 aliphatic heterocycles. The number of hydrogen-bond acceptors (Lipinski definition) is 4. The largest absolute Gasteiger partial charge is 0.457 e. The molecule has 0 spiro atoms. The van der Waals surface area contributed by atoms with Crippen LogP contribution in [0, 0.1) is 0 Å². The fourth-order valence-corrected chi connectivity index (χ4v) is 1.12. The molecule has 0 saturated heterocycles. The molecule has 0 aliphatic carbocycles. The molecule has 4 nitrogen and oxygen atoms in total. The quantitative estimate of drug-likeness (QED) is 0.456. The second-order valence-electron chi connectivity index (χ2n) is 4.50. The molecule has 1 heterocycles. The molecule has 0 radical (unpaired) electrons. The molecule has 4 heteroatoms. The van der Waals surface area contributed by atoms with Gasteiger partial charge < -0.3 is 4.74 Å². The van der Waals surface area contributed by atoms with E-state index in [9.17, 15) is 9.59 Å². The van der Waals surface area contributed by atoms with E-state index in [-0.39, 0.29) is 0 Å². The van der Waals surface area contributed by atoms with Gasteiger partial charge in [0.25, 0.3) is 0 Å². The van der Waals surface area contributed by atoms with Gasteiger partial charge in [-0.15, -0.1) is 0 Å². The van der Waals surface area contributed by atoms with E-state index in [1.54, 1.807) is 32.9 Å². The summed E-state index contributed by atoms with van der Waals surface area (Å²) in [6.07, 6.45) is 5.05. The van der Waals surface area contributed by atoms with Crippen LogP contribution in [0.3, 0.4) is 0 Å². The second kappa shape index (κ2) is 5.39. The normalized spacial score (nSPS) is 11.5. The van der Waals surface area contributed by atoms with E-state index in [0.29, 0.717) is 11.3 Å². The van der Waals surface area contributed by atoms with Crippen molar-refractivity contribution < 1.29 is 14.3 Å². The highest BCUT2D eigenvalue weighted by Gasteiger charge is 2.13. The molecule has 0 bridgehead atoms. The van der Waals surface area contributed by atoms with Crippen molar-refractivity contribution >= 4 is 18.3 Å². The highest BCUT2D eigenvalue weighted by Crippen LogP contribution is 2.08. The first kappa shape index (κ1) is 13.1. The number of ether oxygens (including phenoxy) is 1. The van der Waals surface area contributed by atoms with Crippen LogP contribution in [0.4, 0.5) is 0 Å². The van der Waals surface area contributed by atoms with Crippen molar-refractivity contribution in [2.24, 2.45) is 0 Å². The van der Waals surface area contributed by atoms with E-state index in [0.717, 1.165) is 6.29 Å². The van der Waals surface area contributed by atoms with Crippen molar-refractivity contribution in [3.8, 4) is 0 Å². The first-order valence-corrected chi connectivity index (χ1v) is 5.23. The van der Waals surface area contributed by atoms with Crippen LogP contribution in [0.25, 0.3) is 6.08 Å². The fourth-order valence-electron chi connectivity index (χ4n) is 1.12. The summed E-state index contributed by atoms with van der Waals surface area (Å²) in [5, 5.41) is 0. The Morgan fingerprint density at radius 2 is 2.12 bits per heavy atom. The highest BCUT2D eigenvalue weighted by atomic mass is 16.6. The van der Waals surface area contributed by atoms with Crippen LogP contribution in [0.15, 0.2) is 24.4 Å². The summed E-state index contributed by atoms with van der Waals surface area (Å²) in [7, 11) is 0. The van der Waals surface area contributed by atoms with Gasteiger partial charge in [0.1, 0.15) is 11.9 Å². The van der Waals surface area contributed by atoms with Crippen molar-refractivity contribution in [2.45, 2.75) is 26.4 Å². The van der Waals surface area contributed by atoms with Crippen molar-refractivity contribution in [2.75, 3.05) is 0 Å². The predicted octanol–water partition coefficient (Wildman–Crippen LogP) is 2.25. The second-order valence-corrected chi connectivity index (χ2v) is 4.50. The van der Waals surface area contributed by atoms with Gasteiger partial charge in [-0.3, -0.25) is 9.78 Å². The molecule has 0 atom stereocenters. The molecule has 0 aliphatic rings. The Kier molecular flexibility index (Phi) is 4.15. The number of nitrogens with zero attached hydrogens (tertiary/aromatic N) is 1. The third-order valence-corrected chi connectivity index (χ3v) is 1.74. The molecule has 0 aromatic carbocycles. The lowest BCUT2D eigenvalue weighted by molar-refractivity contribution is -0.148. The minimum atomic E-state index is -0.514. The molecule has 1 rings (SSSR count). The molecular weight excluding hydrogens is 218 g/mol. The summed E-state index contributed by atoms with van der Waals surface area (Å²) in [5.41, 5.74) is 0.545. The molecule has 90 valence electrons. The Morgan fingerprint density at radius 1 is 1.41 bits per heavy atom. The van der Waals surface area contributed by atoms with Crippen LogP contribution >= 0.6 is 0 Å². The molecule has 0 saturated carbocycles. The Labute approximate surface area is 100 Å². The molecule has 0 amide bonds. The number of rotatable bonds is 3. The summed E-state index contributed by atoms with van der Waals surface area (Å²) in [4.78, 5) is 25.9. The van der Waals surface area contributed by atoms with Gasteiger partial charge in [0.15, 0.2) is 0 Å². The maximum Gasteiger partial charge on any atom is 0.331 e. The molecule has 1 aromatic rings. The van der Waals surface area contributed by atoms with Crippen LogP contribution in [0.5, 0.6) is 0 Å². The van der Waals surface area contributed by atoms with Crippen molar-refractivity contribution in [3.63, 3.8) is 0 Å². The zero-order valence-corrected chi connectivity index (χ0v) is 10.1. The van der Waals surface area contributed by atoms with Crippen LogP contribution in [-0.4, -0.2) is 22.8 Å². The lowest BCUT2D eigenvalue weighted by Crippen LogP contribution is -2.22. The summed E-state index contributed by atoms with van der Waals surface area (Å²) in [6, 6.07) is 3.19. The van der Waals surface area contributed by atoms with Gasteiger partial charge in [0, 0.05) is 17.8 Å². The van der Waals surface area contributed by atoms with E-state index < -0.39 is 11.6 Å². The Hall–Kier alpha value is -1.97. The van der Waals surface area contributed by atoms with Crippen molar-refractivity contribution in [1.82, 2.24) is 4.98 Å². The molecule has 0 fully saturated rings. The Bertz CT molecular complexity index is 444. The first-order chi connectivity index (χ1) is 7.90. The summed E-state index contributed by atoms with van der Waals surface area (Å²) in [6.45, 7) is 5.39. The van der Waals surface area contributed by atoms with E-state index in [1.807, 2.05) is 0 Å². The maximum atomic E-state index is 11.4. The van der Waals surface area contributed by atoms with Gasteiger partial charge in [-0.2, -0.15) is 0 Å². The Morgan fingerprint density at radius 3 is 2.71 bits per heavy atom. The maximum absolute atomic E-state index is 11.4. The van der Waals surface area contributed by atoms with Crippen LogP contribution in [-0.2, 0) is 9.53 Å². The molecule has 0 N–H and O–H groups in total. The average molecular weight is 233 g/mol. The molecule has 0 unspecified atom stereocenters. The van der Waals surface area contributed by atoms with Crippen LogP contribution in [0.2, 0.25) is 0 Å².